The molecule has 142 valence electrons. The van der Waals surface area contributed by atoms with Gasteiger partial charge < -0.3 is 15.0 Å². The molecule has 1 saturated heterocycles. The molecule has 0 bridgehead atoms. The van der Waals surface area contributed by atoms with Gasteiger partial charge >= 0.3 is 0 Å². The van der Waals surface area contributed by atoms with Crippen molar-refractivity contribution in [3.8, 4) is 11.6 Å². The second kappa shape index (κ2) is 8.08. The number of aromatic nitrogens is 1. The first-order valence-corrected chi connectivity index (χ1v) is 9.19. The lowest BCUT2D eigenvalue weighted by atomic mass is 10.1. The third kappa shape index (κ3) is 4.11. The molecule has 1 aromatic heterocycles. The number of rotatable bonds is 6. The minimum Gasteiger partial charge on any atom is -0.438 e. The molecule has 1 N–H and O–H groups in total. The molecule has 28 heavy (non-hydrogen) atoms. The fraction of sp³-hybridized carbons (Fsp3) is 0.182. The topological polar surface area (TPSA) is 54.5 Å². The maximum absolute atomic E-state index is 13.0. The van der Waals surface area contributed by atoms with Gasteiger partial charge in [0.15, 0.2) is 0 Å². The van der Waals surface area contributed by atoms with Gasteiger partial charge in [0.25, 0.3) is 5.91 Å². The van der Waals surface area contributed by atoms with Crippen LogP contribution in [-0.2, 0) is 6.54 Å². The maximum atomic E-state index is 13.0. The van der Waals surface area contributed by atoms with Crippen molar-refractivity contribution < 1.29 is 13.9 Å². The quantitative estimate of drug-likeness (QED) is 0.701. The molecule has 0 unspecified atom stereocenters. The van der Waals surface area contributed by atoms with Crippen molar-refractivity contribution in [2.24, 2.45) is 0 Å². The lowest BCUT2D eigenvalue weighted by Gasteiger charge is -2.33. The number of hydrogen-bond donors (Lipinski definition) is 1. The monoisotopic (exact) mass is 377 g/mol. The molecule has 4 rings (SSSR count). The largest absolute Gasteiger partial charge is 0.438 e. The SMILES string of the molecule is O=C(NCc1ccc(N2CCC2)cc1)c1cccnc1Oc1ccc(F)cc1. The maximum Gasteiger partial charge on any atom is 0.257 e. The number of carbonyl (C=O) groups excluding carboxylic acids is 1. The number of pyridine rings is 1. The van der Waals surface area contributed by atoms with Crippen LogP contribution in [0, 0.1) is 5.82 Å². The van der Waals surface area contributed by atoms with Crippen LogP contribution in [0.5, 0.6) is 11.6 Å². The molecule has 3 aromatic rings. The zero-order valence-electron chi connectivity index (χ0n) is 15.3. The summed E-state index contributed by atoms with van der Waals surface area (Å²) < 4.78 is 18.7. The van der Waals surface area contributed by atoms with Crippen molar-refractivity contribution in [2.75, 3.05) is 18.0 Å². The molecule has 0 radical (unpaired) electrons. The third-order valence-corrected chi connectivity index (χ3v) is 4.65. The van der Waals surface area contributed by atoms with Crippen molar-refractivity contribution in [2.45, 2.75) is 13.0 Å². The third-order valence-electron chi connectivity index (χ3n) is 4.65. The standard InChI is InChI=1S/C22H20FN3O2/c23-17-6-10-19(11-7-17)28-22-20(3-1-12-24-22)21(27)25-15-16-4-8-18(9-5-16)26-13-2-14-26/h1,3-12H,2,13-15H2,(H,25,27). The van der Waals surface area contributed by atoms with Gasteiger partial charge in [0.05, 0.1) is 0 Å². The Hall–Kier alpha value is -3.41. The van der Waals surface area contributed by atoms with Crippen LogP contribution in [0.1, 0.15) is 22.3 Å². The lowest BCUT2D eigenvalue weighted by Crippen LogP contribution is -2.36. The molecule has 1 aliphatic heterocycles. The Morgan fingerprint density at radius 2 is 1.82 bits per heavy atom. The Balaban J connectivity index is 1.41. The molecule has 1 fully saturated rings. The highest BCUT2D eigenvalue weighted by Crippen LogP contribution is 2.23. The molecular formula is C22H20FN3O2. The van der Waals surface area contributed by atoms with E-state index in [-0.39, 0.29) is 17.6 Å². The summed E-state index contributed by atoms with van der Waals surface area (Å²) in [6.45, 7) is 2.62. The number of ether oxygens (including phenoxy) is 1. The number of benzene rings is 2. The normalized spacial score (nSPS) is 13.0. The van der Waals surface area contributed by atoms with Crippen LogP contribution in [0.4, 0.5) is 10.1 Å². The Labute approximate surface area is 162 Å². The zero-order valence-corrected chi connectivity index (χ0v) is 15.3. The van der Waals surface area contributed by atoms with Crippen LogP contribution in [0.15, 0.2) is 66.9 Å². The predicted octanol–water partition coefficient (Wildman–Crippen LogP) is 4.15. The van der Waals surface area contributed by atoms with Crippen molar-refractivity contribution in [1.29, 1.82) is 0 Å². The summed E-state index contributed by atoms with van der Waals surface area (Å²) in [5, 5.41) is 2.89. The highest BCUT2D eigenvalue weighted by atomic mass is 19.1. The summed E-state index contributed by atoms with van der Waals surface area (Å²) in [6.07, 6.45) is 2.79. The molecule has 0 aliphatic carbocycles. The van der Waals surface area contributed by atoms with E-state index in [0.717, 1.165) is 18.7 Å². The number of amides is 1. The van der Waals surface area contributed by atoms with E-state index in [1.807, 2.05) is 12.1 Å². The first-order chi connectivity index (χ1) is 13.7. The summed E-state index contributed by atoms with van der Waals surface area (Å²) in [6, 6.07) is 17.1. The minimum atomic E-state index is -0.355. The van der Waals surface area contributed by atoms with E-state index < -0.39 is 0 Å². The fourth-order valence-electron chi connectivity index (χ4n) is 2.94. The van der Waals surface area contributed by atoms with Crippen LogP contribution < -0.4 is 15.0 Å². The van der Waals surface area contributed by atoms with Crippen LogP contribution in [0.2, 0.25) is 0 Å². The minimum absolute atomic E-state index is 0.180. The first kappa shape index (κ1) is 18.0. The van der Waals surface area contributed by atoms with Gasteiger partial charge in [-0.05, 0) is 60.5 Å². The average Bonchev–Trinajstić information content (AvgIpc) is 2.68. The molecule has 2 aromatic carbocycles. The number of nitrogens with zero attached hydrogens (tertiary/aromatic N) is 2. The van der Waals surface area contributed by atoms with E-state index in [4.69, 9.17) is 4.74 Å². The smallest absolute Gasteiger partial charge is 0.257 e. The van der Waals surface area contributed by atoms with E-state index >= 15 is 0 Å². The highest BCUT2D eigenvalue weighted by molar-refractivity contribution is 5.96. The van der Waals surface area contributed by atoms with Gasteiger partial charge in [0, 0.05) is 31.5 Å². The molecule has 6 heteroatoms. The molecule has 1 aliphatic rings. The molecule has 2 heterocycles. The van der Waals surface area contributed by atoms with Gasteiger partial charge in [-0.25, -0.2) is 9.37 Å². The Morgan fingerprint density at radius 1 is 1.07 bits per heavy atom. The highest BCUT2D eigenvalue weighted by Gasteiger charge is 2.15. The molecule has 0 spiro atoms. The van der Waals surface area contributed by atoms with E-state index in [2.05, 4.69) is 27.3 Å². The zero-order chi connectivity index (χ0) is 19.3. The molecule has 0 atom stereocenters. The second-order valence-electron chi connectivity index (χ2n) is 6.60. The van der Waals surface area contributed by atoms with Crippen LogP contribution >= 0.6 is 0 Å². The van der Waals surface area contributed by atoms with Crippen LogP contribution in [0.25, 0.3) is 0 Å². The summed E-state index contributed by atoms with van der Waals surface area (Å²) in [5.74, 6) is -0.0426. The molecule has 0 saturated carbocycles. The number of halogens is 1. The van der Waals surface area contributed by atoms with Gasteiger partial charge in [0.2, 0.25) is 5.88 Å². The van der Waals surface area contributed by atoms with Gasteiger partial charge in [-0.2, -0.15) is 0 Å². The molecular weight excluding hydrogens is 357 g/mol. The van der Waals surface area contributed by atoms with E-state index in [0.29, 0.717) is 17.9 Å². The number of nitrogens with one attached hydrogen (secondary N) is 1. The lowest BCUT2D eigenvalue weighted by molar-refractivity contribution is 0.0948. The van der Waals surface area contributed by atoms with Crippen molar-refractivity contribution >= 4 is 11.6 Å². The fourth-order valence-corrected chi connectivity index (χ4v) is 2.94. The van der Waals surface area contributed by atoms with E-state index in [9.17, 15) is 9.18 Å². The number of anilines is 1. The molecule has 5 nitrogen and oxygen atoms in total. The van der Waals surface area contributed by atoms with Gasteiger partial charge in [-0.1, -0.05) is 12.1 Å². The predicted molar refractivity (Wildman–Crippen MR) is 105 cm³/mol. The summed E-state index contributed by atoms with van der Waals surface area (Å²) in [5.41, 5.74) is 2.55. The van der Waals surface area contributed by atoms with Crippen molar-refractivity contribution in [3.63, 3.8) is 0 Å². The average molecular weight is 377 g/mol. The number of hydrogen-bond acceptors (Lipinski definition) is 4. The van der Waals surface area contributed by atoms with Crippen LogP contribution in [0.3, 0.4) is 0 Å². The van der Waals surface area contributed by atoms with E-state index in [1.54, 1.807) is 18.3 Å². The Kier molecular flexibility index (Phi) is 5.19. The van der Waals surface area contributed by atoms with E-state index in [1.165, 1.54) is 36.4 Å². The Bertz CT molecular complexity index is 954. The Morgan fingerprint density at radius 3 is 2.50 bits per heavy atom. The van der Waals surface area contributed by atoms with Crippen LogP contribution in [-0.4, -0.2) is 24.0 Å². The molecule has 1 amide bonds. The van der Waals surface area contributed by atoms with Gasteiger partial charge in [0.1, 0.15) is 17.1 Å². The first-order valence-electron chi connectivity index (χ1n) is 9.19. The summed E-state index contributed by atoms with van der Waals surface area (Å²) in [4.78, 5) is 19.1. The van der Waals surface area contributed by atoms with Crippen molar-refractivity contribution in [3.05, 3.63) is 83.8 Å². The summed E-state index contributed by atoms with van der Waals surface area (Å²) >= 11 is 0. The number of carbonyl (C=O) groups is 1. The van der Waals surface area contributed by atoms with Crippen molar-refractivity contribution in [1.82, 2.24) is 10.3 Å². The summed E-state index contributed by atoms with van der Waals surface area (Å²) in [7, 11) is 0. The van der Waals surface area contributed by atoms with Gasteiger partial charge in [-0.3, -0.25) is 4.79 Å². The second-order valence-corrected chi connectivity index (χ2v) is 6.60. The van der Waals surface area contributed by atoms with Gasteiger partial charge in [-0.15, -0.1) is 0 Å².